The molecule has 1 aromatic heterocycles. The van der Waals surface area contributed by atoms with Crippen LogP contribution in [0.1, 0.15) is 16.8 Å². The van der Waals surface area contributed by atoms with E-state index in [1.807, 2.05) is 0 Å². The van der Waals surface area contributed by atoms with Crippen LogP contribution in [0.15, 0.2) is 35.4 Å². The molecule has 0 atom stereocenters. The number of aryl methyl sites for hydroxylation is 1. The number of hydrogen-bond donors (Lipinski definition) is 1. The van der Waals surface area contributed by atoms with Gasteiger partial charge in [-0.2, -0.15) is 0 Å². The number of nitrogens with zero attached hydrogens (tertiary/aromatic N) is 2. The maximum Gasteiger partial charge on any atom is 0.253 e. The predicted molar refractivity (Wildman–Crippen MR) is 66.6 cm³/mol. The molecule has 0 radical (unpaired) electrons. The Morgan fingerprint density at radius 2 is 2.11 bits per heavy atom. The van der Waals surface area contributed by atoms with Gasteiger partial charge in [0.05, 0.1) is 12.9 Å². The van der Waals surface area contributed by atoms with Gasteiger partial charge in [-0.15, -0.1) is 0 Å². The Morgan fingerprint density at radius 3 is 2.78 bits per heavy atom. The van der Waals surface area contributed by atoms with Crippen LogP contribution in [-0.4, -0.2) is 9.55 Å². The van der Waals surface area contributed by atoms with Crippen LogP contribution in [0.25, 0.3) is 0 Å². The van der Waals surface area contributed by atoms with Gasteiger partial charge in [0.25, 0.3) is 5.56 Å². The zero-order valence-electron chi connectivity index (χ0n) is 10.1. The van der Waals surface area contributed by atoms with Crippen molar-refractivity contribution in [1.29, 1.82) is 0 Å². The van der Waals surface area contributed by atoms with Gasteiger partial charge in [-0.25, -0.2) is 9.37 Å². The zero-order valence-corrected chi connectivity index (χ0v) is 10.1. The highest BCUT2D eigenvalue weighted by molar-refractivity contribution is 5.28. The van der Waals surface area contributed by atoms with Gasteiger partial charge in [-0.3, -0.25) is 9.36 Å². The van der Waals surface area contributed by atoms with E-state index in [0.717, 1.165) is 5.56 Å². The molecule has 0 amide bonds. The van der Waals surface area contributed by atoms with Crippen LogP contribution >= 0.6 is 0 Å². The Morgan fingerprint density at radius 1 is 1.33 bits per heavy atom. The molecule has 0 aliphatic heterocycles. The highest BCUT2D eigenvalue weighted by Crippen LogP contribution is 2.11. The van der Waals surface area contributed by atoms with E-state index in [4.69, 9.17) is 5.73 Å². The van der Waals surface area contributed by atoms with E-state index < -0.39 is 0 Å². The molecule has 0 fully saturated rings. The monoisotopic (exact) mass is 247 g/mol. The molecule has 0 saturated carbocycles. The van der Waals surface area contributed by atoms with Crippen LogP contribution in [0.2, 0.25) is 0 Å². The van der Waals surface area contributed by atoms with Crippen LogP contribution in [-0.2, 0) is 13.1 Å². The Kier molecular flexibility index (Phi) is 3.53. The first-order valence-corrected chi connectivity index (χ1v) is 5.60. The molecule has 1 heterocycles. The van der Waals surface area contributed by atoms with Crippen molar-refractivity contribution in [2.24, 2.45) is 5.73 Å². The van der Waals surface area contributed by atoms with E-state index in [-0.39, 0.29) is 17.9 Å². The quantitative estimate of drug-likeness (QED) is 0.886. The lowest BCUT2D eigenvalue weighted by Gasteiger charge is -2.10. The van der Waals surface area contributed by atoms with Gasteiger partial charge < -0.3 is 5.73 Å². The lowest BCUT2D eigenvalue weighted by Crippen LogP contribution is -2.21. The summed E-state index contributed by atoms with van der Waals surface area (Å²) in [6, 6.07) is 5.84. The largest absolute Gasteiger partial charge is 0.326 e. The van der Waals surface area contributed by atoms with Gasteiger partial charge in [0.2, 0.25) is 0 Å². The number of halogens is 1. The Labute approximate surface area is 104 Å². The van der Waals surface area contributed by atoms with Gasteiger partial charge in [0.1, 0.15) is 5.82 Å². The number of rotatable bonds is 3. The van der Waals surface area contributed by atoms with Crippen LogP contribution in [0.4, 0.5) is 4.39 Å². The molecule has 0 bridgehead atoms. The number of benzene rings is 1. The van der Waals surface area contributed by atoms with Crippen LogP contribution in [0, 0.1) is 12.7 Å². The third-order valence-corrected chi connectivity index (χ3v) is 2.75. The van der Waals surface area contributed by atoms with E-state index >= 15 is 0 Å². The van der Waals surface area contributed by atoms with Crippen molar-refractivity contribution >= 4 is 0 Å². The second kappa shape index (κ2) is 5.10. The van der Waals surface area contributed by atoms with Crippen molar-refractivity contribution < 1.29 is 4.39 Å². The minimum atomic E-state index is -0.338. The lowest BCUT2D eigenvalue weighted by molar-refractivity contribution is 0.620. The number of hydrogen-bond acceptors (Lipinski definition) is 3. The Hall–Kier alpha value is -2.01. The molecule has 0 saturated heterocycles. The third kappa shape index (κ3) is 2.62. The lowest BCUT2D eigenvalue weighted by atomic mass is 10.1. The van der Waals surface area contributed by atoms with E-state index in [2.05, 4.69) is 4.98 Å². The van der Waals surface area contributed by atoms with Crippen molar-refractivity contribution in [3.63, 3.8) is 0 Å². The van der Waals surface area contributed by atoms with Crippen LogP contribution in [0.3, 0.4) is 0 Å². The van der Waals surface area contributed by atoms with E-state index in [0.29, 0.717) is 17.8 Å². The minimum Gasteiger partial charge on any atom is -0.326 e. The van der Waals surface area contributed by atoms with Crippen molar-refractivity contribution in [3.8, 4) is 0 Å². The van der Waals surface area contributed by atoms with Gasteiger partial charge in [-0.1, -0.05) is 6.07 Å². The average molecular weight is 247 g/mol. The molecule has 4 nitrogen and oxygen atoms in total. The fourth-order valence-electron chi connectivity index (χ4n) is 1.76. The third-order valence-electron chi connectivity index (χ3n) is 2.75. The Balaban J connectivity index is 2.39. The SMILES string of the molecule is Cc1cc(=O)n(Cc2cc(F)ccc2CN)cn1. The molecule has 2 rings (SSSR count). The van der Waals surface area contributed by atoms with Gasteiger partial charge >= 0.3 is 0 Å². The summed E-state index contributed by atoms with van der Waals surface area (Å²) in [6.45, 7) is 2.33. The maximum absolute atomic E-state index is 13.2. The molecular formula is C13H14FN3O. The predicted octanol–water partition coefficient (Wildman–Crippen LogP) is 1.20. The van der Waals surface area contributed by atoms with Gasteiger partial charge in [0.15, 0.2) is 0 Å². The Bertz CT molecular complexity index is 622. The summed E-state index contributed by atoms with van der Waals surface area (Å²) in [4.78, 5) is 15.8. The number of nitrogens with two attached hydrogens (primary N) is 1. The summed E-state index contributed by atoms with van der Waals surface area (Å²) in [7, 11) is 0. The van der Waals surface area contributed by atoms with E-state index in [1.165, 1.54) is 29.1 Å². The maximum atomic E-state index is 13.2. The highest BCUT2D eigenvalue weighted by atomic mass is 19.1. The topological polar surface area (TPSA) is 60.9 Å². The normalized spacial score (nSPS) is 10.6. The van der Waals surface area contributed by atoms with Crippen LogP contribution < -0.4 is 11.3 Å². The molecular weight excluding hydrogens is 233 g/mol. The zero-order chi connectivity index (χ0) is 13.1. The number of aromatic nitrogens is 2. The standard InChI is InChI=1S/C13H14FN3O/c1-9-4-13(18)17(8-16-9)7-11-5-12(14)3-2-10(11)6-15/h2-5,8H,6-7,15H2,1H3. The van der Waals surface area contributed by atoms with Crippen molar-refractivity contribution in [3.05, 3.63) is 63.6 Å². The first-order valence-electron chi connectivity index (χ1n) is 5.60. The van der Waals surface area contributed by atoms with Crippen molar-refractivity contribution in [1.82, 2.24) is 9.55 Å². The van der Waals surface area contributed by atoms with E-state index in [9.17, 15) is 9.18 Å². The average Bonchev–Trinajstić information content (AvgIpc) is 2.33. The molecule has 0 unspecified atom stereocenters. The van der Waals surface area contributed by atoms with Gasteiger partial charge in [0, 0.05) is 18.3 Å². The molecule has 0 spiro atoms. The summed E-state index contributed by atoms with van der Waals surface area (Å²) < 4.78 is 14.6. The summed E-state index contributed by atoms with van der Waals surface area (Å²) in [5.74, 6) is -0.338. The highest BCUT2D eigenvalue weighted by Gasteiger charge is 2.05. The van der Waals surface area contributed by atoms with Crippen molar-refractivity contribution in [2.75, 3.05) is 0 Å². The smallest absolute Gasteiger partial charge is 0.253 e. The molecule has 2 N–H and O–H groups in total. The second-order valence-electron chi connectivity index (χ2n) is 4.11. The molecule has 5 heteroatoms. The first-order chi connectivity index (χ1) is 8.60. The molecule has 18 heavy (non-hydrogen) atoms. The van der Waals surface area contributed by atoms with Crippen molar-refractivity contribution in [2.45, 2.75) is 20.0 Å². The van der Waals surface area contributed by atoms with E-state index in [1.54, 1.807) is 13.0 Å². The second-order valence-corrected chi connectivity index (χ2v) is 4.11. The fraction of sp³-hybridized carbons (Fsp3) is 0.231. The minimum absolute atomic E-state index is 0.158. The summed E-state index contributed by atoms with van der Waals surface area (Å²) in [5, 5.41) is 0. The first kappa shape index (κ1) is 12.4. The summed E-state index contributed by atoms with van der Waals surface area (Å²) in [5.41, 5.74) is 7.62. The molecule has 94 valence electrons. The summed E-state index contributed by atoms with van der Waals surface area (Å²) >= 11 is 0. The molecule has 2 aromatic rings. The molecule has 0 aliphatic carbocycles. The fourth-order valence-corrected chi connectivity index (χ4v) is 1.76. The molecule has 1 aromatic carbocycles. The van der Waals surface area contributed by atoms with Gasteiger partial charge in [-0.05, 0) is 30.2 Å². The molecule has 0 aliphatic rings. The summed E-state index contributed by atoms with van der Waals surface area (Å²) in [6.07, 6.45) is 1.46. The van der Waals surface area contributed by atoms with Crippen LogP contribution in [0.5, 0.6) is 0 Å².